The molecule has 1 aromatic carbocycles. The molecule has 5 heteroatoms. The van der Waals surface area contributed by atoms with Crippen molar-refractivity contribution in [3.63, 3.8) is 0 Å². The van der Waals surface area contributed by atoms with E-state index in [0.717, 1.165) is 31.4 Å². The topological polar surface area (TPSA) is 52.9 Å². The quantitative estimate of drug-likeness (QED) is 0.900. The Balaban J connectivity index is 1.90. The summed E-state index contributed by atoms with van der Waals surface area (Å²) < 4.78 is 0. The van der Waals surface area contributed by atoms with Gasteiger partial charge in [0.15, 0.2) is 5.72 Å². The molecule has 0 bridgehead atoms. The first-order valence-electron chi connectivity index (χ1n) is 7.87. The van der Waals surface area contributed by atoms with Crippen LogP contribution >= 0.6 is 11.6 Å². The molecule has 0 radical (unpaired) electrons. The molecule has 118 valence electrons. The van der Waals surface area contributed by atoms with Crippen molar-refractivity contribution in [2.45, 2.75) is 51.2 Å². The lowest BCUT2D eigenvalue weighted by Crippen LogP contribution is -2.52. The van der Waals surface area contributed by atoms with E-state index >= 15 is 0 Å². The van der Waals surface area contributed by atoms with E-state index in [1.165, 1.54) is 11.4 Å². The Hall–Kier alpha value is -1.39. The second-order valence-corrected chi connectivity index (χ2v) is 6.79. The zero-order valence-corrected chi connectivity index (χ0v) is 13.5. The standard InChI is InChI=1S/C17H21ClN2O2/c1-12-11-17(22,14-7-3-2-4-8-14)20(19-12)16(21)13-6-5-9-15(18)10-13/h5-6,9-10,14,22H,2-4,7-8,11H2,1H3/t17-/m1/s1. The molecule has 1 aliphatic carbocycles. The fourth-order valence-corrected chi connectivity index (χ4v) is 3.78. The van der Waals surface area contributed by atoms with Crippen LogP contribution in [-0.4, -0.2) is 27.5 Å². The molecule has 1 fully saturated rings. The highest BCUT2D eigenvalue weighted by molar-refractivity contribution is 6.31. The van der Waals surface area contributed by atoms with E-state index in [-0.39, 0.29) is 11.8 Å². The number of rotatable bonds is 2. The maximum Gasteiger partial charge on any atom is 0.276 e. The van der Waals surface area contributed by atoms with Gasteiger partial charge < -0.3 is 5.11 Å². The minimum Gasteiger partial charge on any atom is -0.368 e. The van der Waals surface area contributed by atoms with Crippen molar-refractivity contribution in [3.05, 3.63) is 34.9 Å². The lowest BCUT2D eigenvalue weighted by Gasteiger charge is -2.40. The molecule has 1 atom stereocenters. The van der Waals surface area contributed by atoms with E-state index in [4.69, 9.17) is 11.6 Å². The van der Waals surface area contributed by atoms with Gasteiger partial charge in [0, 0.05) is 28.6 Å². The highest BCUT2D eigenvalue weighted by atomic mass is 35.5. The number of hydrazone groups is 1. The Kier molecular flexibility index (Phi) is 4.24. The highest BCUT2D eigenvalue weighted by Gasteiger charge is 2.49. The summed E-state index contributed by atoms with van der Waals surface area (Å²) in [4.78, 5) is 12.8. The Morgan fingerprint density at radius 3 is 2.77 bits per heavy atom. The minimum atomic E-state index is -1.19. The average molecular weight is 321 g/mol. The molecular weight excluding hydrogens is 300 g/mol. The van der Waals surface area contributed by atoms with E-state index < -0.39 is 5.72 Å². The van der Waals surface area contributed by atoms with Gasteiger partial charge in [-0.15, -0.1) is 0 Å². The third-order valence-electron chi connectivity index (χ3n) is 4.68. The molecule has 1 amide bonds. The van der Waals surface area contributed by atoms with E-state index in [0.29, 0.717) is 17.0 Å². The van der Waals surface area contributed by atoms with Crippen LogP contribution in [-0.2, 0) is 0 Å². The van der Waals surface area contributed by atoms with Crippen LogP contribution in [0.3, 0.4) is 0 Å². The summed E-state index contributed by atoms with van der Waals surface area (Å²) >= 11 is 5.97. The molecule has 1 saturated carbocycles. The molecule has 0 unspecified atom stereocenters. The molecule has 0 aromatic heterocycles. The van der Waals surface area contributed by atoms with Crippen molar-refractivity contribution < 1.29 is 9.90 Å². The molecule has 2 aliphatic rings. The van der Waals surface area contributed by atoms with Crippen molar-refractivity contribution in [2.75, 3.05) is 0 Å². The van der Waals surface area contributed by atoms with Gasteiger partial charge in [0.05, 0.1) is 0 Å². The summed E-state index contributed by atoms with van der Waals surface area (Å²) in [5, 5.41) is 17.3. The number of halogens is 1. The van der Waals surface area contributed by atoms with E-state index in [9.17, 15) is 9.90 Å². The smallest absolute Gasteiger partial charge is 0.276 e. The first kappa shape index (κ1) is 15.5. The van der Waals surface area contributed by atoms with Crippen molar-refractivity contribution in [3.8, 4) is 0 Å². The zero-order valence-electron chi connectivity index (χ0n) is 12.8. The molecule has 0 spiro atoms. The largest absolute Gasteiger partial charge is 0.368 e. The first-order valence-corrected chi connectivity index (χ1v) is 8.25. The Morgan fingerprint density at radius 2 is 2.09 bits per heavy atom. The molecule has 0 saturated heterocycles. The van der Waals surface area contributed by atoms with E-state index in [1.54, 1.807) is 24.3 Å². The third-order valence-corrected chi connectivity index (χ3v) is 4.91. The Bertz CT molecular complexity index is 610. The van der Waals surface area contributed by atoms with Gasteiger partial charge in [-0.3, -0.25) is 4.79 Å². The van der Waals surface area contributed by atoms with Gasteiger partial charge in [-0.2, -0.15) is 10.1 Å². The third kappa shape index (κ3) is 2.77. The predicted molar refractivity (Wildman–Crippen MR) is 86.9 cm³/mol. The average Bonchev–Trinajstić information content (AvgIpc) is 2.83. The van der Waals surface area contributed by atoms with E-state index in [1.807, 2.05) is 6.92 Å². The number of nitrogens with zero attached hydrogens (tertiary/aromatic N) is 2. The molecule has 1 heterocycles. The summed E-state index contributed by atoms with van der Waals surface area (Å²) in [5.74, 6) is -0.196. The number of aliphatic hydroxyl groups is 1. The van der Waals surface area contributed by atoms with Crippen molar-refractivity contribution >= 4 is 23.2 Å². The molecular formula is C17H21ClN2O2. The predicted octanol–water partition coefficient (Wildman–Crippen LogP) is 3.83. The number of hydrogen-bond acceptors (Lipinski definition) is 3. The first-order chi connectivity index (χ1) is 10.5. The van der Waals surface area contributed by atoms with Crippen LogP contribution in [0.25, 0.3) is 0 Å². The molecule has 4 nitrogen and oxygen atoms in total. The zero-order chi connectivity index (χ0) is 15.7. The minimum absolute atomic E-state index is 0.0885. The van der Waals surface area contributed by atoms with Gasteiger partial charge in [0.2, 0.25) is 0 Å². The summed E-state index contributed by atoms with van der Waals surface area (Å²) in [6, 6.07) is 6.79. The maximum absolute atomic E-state index is 12.8. The van der Waals surface area contributed by atoms with Gasteiger partial charge in [0.25, 0.3) is 5.91 Å². The molecule has 22 heavy (non-hydrogen) atoms. The number of carbonyl (C=O) groups is 1. The Labute approximate surface area is 135 Å². The second kappa shape index (κ2) is 6.01. The number of carbonyl (C=O) groups excluding carboxylic acids is 1. The highest BCUT2D eigenvalue weighted by Crippen LogP contribution is 2.41. The monoisotopic (exact) mass is 320 g/mol. The number of benzene rings is 1. The van der Waals surface area contributed by atoms with Crippen LogP contribution in [0.4, 0.5) is 0 Å². The van der Waals surface area contributed by atoms with Crippen LogP contribution in [0.2, 0.25) is 5.02 Å². The van der Waals surface area contributed by atoms with Crippen molar-refractivity contribution in [2.24, 2.45) is 11.0 Å². The fraction of sp³-hybridized carbons (Fsp3) is 0.529. The number of hydrogen-bond donors (Lipinski definition) is 1. The number of amides is 1. The summed E-state index contributed by atoms with van der Waals surface area (Å²) in [6.45, 7) is 1.86. The van der Waals surface area contributed by atoms with Gasteiger partial charge >= 0.3 is 0 Å². The molecule has 3 rings (SSSR count). The molecule has 1 N–H and O–H groups in total. The fourth-order valence-electron chi connectivity index (χ4n) is 3.59. The van der Waals surface area contributed by atoms with Crippen LogP contribution in [0.15, 0.2) is 29.4 Å². The summed E-state index contributed by atoms with van der Waals surface area (Å²) in [5.41, 5.74) is 0.0628. The molecule has 1 aliphatic heterocycles. The van der Waals surface area contributed by atoms with Gasteiger partial charge in [-0.05, 0) is 38.0 Å². The van der Waals surface area contributed by atoms with Gasteiger partial charge in [0.1, 0.15) is 0 Å². The van der Waals surface area contributed by atoms with Crippen LogP contribution < -0.4 is 0 Å². The van der Waals surface area contributed by atoms with Crippen LogP contribution in [0.5, 0.6) is 0 Å². The van der Waals surface area contributed by atoms with Crippen molar-refractivity contribution in [1.82, 2.24) is 5.01 Å². The normalized spacial score (nSPS) is 26.1. The van der Waals surface area contributed by atoms with E-state index in [2.05, 4.69) is 5.10 Å². The second-order valence-electron chi connectivity index (χ2n) is 6.35. The van der Waals surface area contributed by atoms with Gasteiger partial charge in [-0.25, -0.2) is 0 Å². The van der Waals surface area contributed by atoms with Gasteiger partial charge in [-0.1, -0.05) is 36.9 Å². The lowest BCUT2D eigenvalue weighted by molar-refractivity contribution is -0.122. The Morgan fingerprint density at radius 1 is 1.36 bits per heavy atom. The van der Waals surface area contributed by atoms with Crippen LogP contribution in [0, 0.1) is 5.92 Å². The SMILES string of the molecule is CC1=NN(C(=O)c2cccc(Cl)c2)[C@](O)(C2CCCCC2)C1. The lowest BCUT2D eigenvalue weighted by atomic mass is 9.79. The summed E-state index contributed by atoms with van der Waals surface area (Å²) in [7, 11) is 0. The van der Waals surface area contributed by atoms with Crippen molar-refractivity contribution in [1.29, 1.82) is 0 Å². The maximum atomic E-state index is 12.8. The van der Waals surface area contributed by atoms with Crippen LogP contribution in [0.1, 0.15) is 55.8 Å². The summed E-state index contributed by atoms with van der Waals surface area (Å²) in [6.07, 6.45) is 5.73. The molecule has 1 aromatic rings.